The van der Waals surface area contributed by atoms with Gasteiger partial charge in [-0.1, -0.05) is 13.8 Å². The van der Waals surface area contributed by atoms with Crippen LogP contribution in [0.3, 0.4) is 0 Å². The van der Waals surface area contributed by atoms with Gasteiger partial charge < -0.3 is 9.90 Å². The van der Waals surface area contributed by atoms with Crippen LogP contribution in [0.1, 0.15) is 34.6 Å². The van der Waals surface area contributed by atoms with Crippen molar-refractivity contribution in [2.75, 3.05) is 0 Å². The molecule has 0 fully saturated rings. The molecule has 0 aromatic rings. The van der Waals surface area contributed by atoms with Gasteiger partial charge in [0.15, 0.2) is 0 Å². The van der Waals surface area contributed by atoms with Crippen LogP contribution < -0.4 is 0 Å². The molecule has 0 saturated carbocycles. The van der Waals surface area contributed by atoms with Crippen molar-refractivity contribution >= 4 is 12.4 Å². The van der Waals surface area contributed by atoms with Gasteiger partial charge in [-0.05, 0) is 26.7 Å². The molecule has 0 bridgehead atoms. The van der Waals surface area contributed by atoms with E-state index in [1.807, 2.05) is 13.8 Å². The predicted molar refractivity (Wildman–Crippen MR) is 54.3 cm³/mol. The highest BCUT2D eigenvalue weighted by atomic mass is 16.4. The molecule has 0 aromatic carbocycles. The number of carbonyl (C=O) groups excluding carboxylic acids is 1. The van der Waals surface area contributed by atoms with Crippen LogP contribution in [0.2, 0.25) is 0 Å². The standard InChI is InChI=1S/C10H19NO3/c1-7(2)8(6-12)11(9(13)14)10(3,4)5/h6-8H,1-5H3,(H,13,14)/t8-/m0/s1. The third kappa shape index (κ3) is 3.01. The fourth-order valence-electron chi connectivity index (χ4n) is 1.38. The quantitative estimate of drug-likeness (QED) is 0.710. The number of hydrogen-bond donors (Lipinski definition) is 1. The van der Waals surface area contributed by atoms with Crippen LogP contribution in [-0.4, -0.2) is 34.0 Å². The smallest absolute Gasteiger partial charge is 0.408 e. The SMILES string of the molecule is CC(C)[C@H](C=O)N(C(=O)O)C(C)(C)C. The average Bonchev–Trinajstić information content (AvgIpc) is 1.95. The molecule has 0 radical (unpaired) electrons. The van der Waals surface area contributed by atoms with E-state index in [4.69, 9.17) is 5.11 Å². The van der Waals surface area contributed by atoms with Crippen LogP contribution in [0.5, 0.6) is 0 Å². The summed E-state index contributed by atoms with van der Waals surface area (Å²) in [5.41, 5.74) is -0.554. The van der Waals surface area contributed by atoms with Crippen molar-refractivity contribution in [1.82, 2.24) is 4.90 Å². The zero-order valence-electron chi connectivity index (χ0n) is 9.44. The molecule has 0 heterocycles. The molecule has 0 aliphatic heterocycles. The lowest BCUT2D eigenvalue weighted by atomic mass is 9.97. The van der Waals surface area contributed by atoms with Gasteiger partial charge >= 0.3 is 6.09 Å². The van der Waals surface area contributed by atoms with E-state index in [9.17, 15) is 9.59 Å². The summed E-state index contributed by atoms with van der Waals surface area (Å²) in [5.74, 6) is -0.0113. The summed E-state index contributed by atoms with van der Waals surface area (Å²) < 4.78 is 0. The highest BCUT2D eigenvalue weighted by molar-refractivity contribution is 5.72. The highest BCUT2D eigenvalue weighted by Crippen LogP contribution is 2.20. The summed E-state index contributed by atoms with van der Waals surface area (Å²) in [6.07, 6.45) is -0.354. The average molecular weight is 201 g/mol. The van der Waals surface area contributed by atoms with Crippen molar-refractivity contribution in [3.8, 4) is 0 Å². The Morgan fingerprint density at radius 1 is 1.36 bits per heavy atom. The zero-order chi connectivity index (χ0) is 11.5. The molecule has 0 saturated heterocycles. The van der Waals surface area contributed by atoms with E-state index in [0.29, 0.717) is 6.29 Å². The minimum Gasteiger partial charge on any atom is -0.465 e. The Morgan fingerprint density at radius 3 is 1.86 bits per heavy atom. The minimum absolute atomic E-state index is 0.0113. The molecule has 0 rings (SSSR count). The first-order valence-corrected chi connectivity index (χ1v) is 4.69. The lowest BCUT2D eigenvalue weighted by molar-refractivity contribution is -0.115. The number of rotatable bonds is 3. The van der Waals surface area contributed by atoms with Crippen LogP contribution in [0.4, 0.5) is 4.79 Å². The third-order valence-electron chi connectivity index (χ3n) is 2.05. The largest absolute Gasteiger partial charge is 0.465 e. The molecule has 82 valence electrons. The van der Waals surface area contributed by atoms with Crippen molar-refractivity contribution in [3.63, 3.8) is 0 Å². The van der Waals surface area contributed by atoms with Crippen LogP contribution in [0.15, 0.2) is 0 Å². The Hall–Kier alpha value is -1.06. The van der Waals surface area contributed by atoms with Gasteiger partial charge in [-0.15, -0.1) is 0 Å². The van der Waals surface area contributed by atoms with E-state index in [0.717, 1.165) is 0 Å². The molecule has 1 amide bonds. The first-order chi connectivity index (χ1) is 6.21. The summed E-state index contributed by atoms with van der Waals surface area (Å²) in [4.78, 5) is 23.1. The number of aldehydes is 1. The monoisotopic (exact) mass is 201 g/mol. The summed E-state index contributed by atoms with van der Waals surface area (Å²) >= 11 is 0. The molecular weight excluding hydrogens is 182 g/mol. The number of carbonyl (C=O) groups is 2. The maximum Gasteiger partial charge on any atom is 0.408 e. The summed E-state index contributed by atoms with van der Waals surface area (Å²) in [5, 5.41) is 9.03. The third-order valence-corrected chi connectivity index (χ3v) is 2.05. The Kier molecular flexibility index (Phi) is 4.10. The lowest BCUT2D eigenvalue weighted by Gasteiger charge is -2.38. The fourth-order valence-corrected chi connectivity index (χ4v) is 1.38. The highest BCUT2D eigenvalue weighted by Gasteiger charge is 2.34. The van der Waals surface area contributed by atoms with Crippen LogP contribution in [0, 0.1) is 5.92 Å². The Balaban J connectivity index is 4.99. The van der Waals surface area contributed by atoms with Crippen molar-refractivity contribution in [3.05, 3.63) is 0 Å². The molecule has 0 aromatic heterocycles. The molecule has 0 aliphatic rings. The zero-order valence-corrected chi connectivity index (χ0v) is 9.44. The van der Waals surface area contributed by atoms with Gasteiger partial charge in [-0.2, -0.15) is 0 Å². The molecule has 4 nitrogen and oxygen atoms in total. The minimum atomic E-state index is -1.05. The first-order valence-electron chi connectivity index (χ1n) is 4.69. The van der Waals surface area contributed by atoms with Crippen LogP contribution in [0.25, 0.3) is 0 Å². The topological polar surface area (TPSA) is 57.6 Å². The van der Waals surface area contributed by atoms with Crippen molar-refractivity contribution in [2.24, 2.45) is 5.92 Å². The Morgan fingerprint density at radius 2 is 1.79 bits per heavy atom. The maximum atomic E-state index is 11.0. The van der Waals surface area contributed by atoms with E-state index in [2.05, 4.69) is 0 Å². The van der Waals surface area contributed by atoms with Crippen molar-refractivity contribution < 1.29 is 14.7 Å². The van der Waals surface area contributed by atoms with Crippen LogP contribution in [-0.2, 0) is 4.79 Å². The number of amides is 1. The van der Waals surface area contributed by atoms with Gasteiger partial charge in [0.25, 0.3) is 0 Å². The van der Waals surface area contributed by atoms with Crippen LogP contribution >= 0.6 is 0 Å². The number of nitrogens with zero attached hydrogens (tertiary/aromatic N) is 1. The van der Waals surface area contributed by atoms with Crippen molar-refractivity contribution in [1.29, 1.82) is 0 Å². The van der Waals surface area contributed by atoms with E-state index in [1.54, 1.807) is 20.8 Å². The Bertz CT molecular complexity index is 218. The Labute approximate surface area is 84.9 Å². The van der Waals surface area contributed by atoms with Crippen molar-refractivity contribution in [2.45, 2.75) is 46.2 Å². The number of carboxylic acid groups (broad SMARTS) is 1. The second kappa shape index (κ2) is 4.44. The second-order valence-electron chi connectivity index (χ2n) is 4.69. The summed E-state index contributed by atoms with van der Waals surface area (Å²) in [7, 11) is 0. The number of hydrogen-bond acceptors (Lipinski definition) is 2. The van der Waals surface area contributed by atoms with Gasteiger partial charge in [0.05, 0.1) is 6.04 Å². The molecular formula is C10H19NO3. The summed E-state index contributed by atoms with van der Waals surface area (Å²) in [6, 6.07) is -0.576. The molecule has 1 N–H and O–H groups in total. The van der Waals surface area contributed by atoms with Gasteiger partial charge in [0.1, 0.15) is 6.29 Å². The van der Waals surface area contributed by atoms with Gasteiger partial charge in [-0.3, -0.25) is 4.90 Å². The van der Waals surface area contributed by atoms with E-state index >= 15 is 0 Å². The molecule has 0 aliphatic carbocycles. The van der Waals surface area contributed by atoms with E-state index in [1.165, 1.54) is 4.90 Å². The van der Waals surface area contributed by atoms with Gasteiger partial charge in [-0.25, -0.2) is 4.79 Å². The normalized spacial score (nSPS) is 13.9. The molecule has 0 unspecified atom stereocenters. The summed E-state index contributed by atoms with van der Waals surface area (Å²) in [6.45, 7) is 9.00. The first kappa shape index (κ1) is 12.9. The molecule has 0 spiro atoms. The van der Waals surface area contributed by atoms with Gasteiger partial charge in [0, 0.05) is 5.54 Å². The van der Waals surface area contributed by atoms with E-state index < -0.39 is 17.7 Å². The molecule has 14 heavy (non-hydrogen) atoms. The predicted octanol–water partition coefficient (Wildman–Crippen LogP) is 1.99. The molecule has 1 atom stereocenters. The molecule has 4 heteroatoms. The van der Waals surface area contributed by atoms with E-state index in [-0.39, 0.29) is 5.92 Å². The lowest BCUT2D eigenvalue weighted by Crippen LogP contribution is -2.53. The maximum absolute atomic E-state index is 11.0. The van der Waals surface area contributed by atoms with Gasteiger partial charge in [0.2, 0.25) is 0 Å². The second-order valence-corrected chi connectivity index (χ2v) is 4.69. The fraction of sp³-hybridized carbons (Fsp3) is 0.800.